The molecule has 0 bridgehead atoms. The predicted molar refractivity (Wildman–Crippen MR) is 76.1 cm³/mol. The Morgan fingerprint density at radius 3 is 2.82 bits per heavy atom. The van der Waals surface area contributed by atoms with Crippen molar-refractivity contribution in [3.63, 3.8) is 0 Å². The van der Waals surface area contributed by atoms with Gasteiger partial charge in [-0.15, -0.1) is 22.7 Å². The SMILES string of the molecule is CNCc1sc(Cc2cccs2)nc1C(C)C. The summed E-state index contributed by atoms with van der Waals surface area (Å²) in [5.41, 5.74) is 1.26. The van der Waals surface area contributed by atoms with E-state index in [0.29, 0.717) is 5.92 Å². The van der Waals surface area contributed by atoms with Crippen LogP contribution in [-0.4, -0.2) is 12.0 Å². The first kappa shape index (κ1) is 12.7. The van der Waals surface area contributed by atoms with Crippen molar-refractivity contribution in [2.24, 2.45) is 0 Å². The molecule has 0 aliphatic heterocycles. The van der Waals surface area contributed by atoms with Crippen molar-refractivity contribution in [1.29, 1.82) is 0 Å². The van der Waals surface area contributed by atoms with Gasteiger partial charge in [0.2, 0.25) is 0 Å². The van der Waals surface area contributed by atoms with Gasteiger partial charge in [0.05, 0.1) is 10.7 Å². The van der Waals surface area contributed by atoms with Gasteiger partial charge >= 0.3 is 0 Å². The van der Waals surface area contributed by atoms with E-state index in [1.54, 1.807) is 11.3 Å². The molecule has 2 aromatic rings. The van der Waals surface area contributed by atoms with Crippen LogP contribution >= 0.6 is 22.7 Å². The van der Waals surface area contributed by atoms with E-state index in [1.807, 2.05) is 18.4 Å². The number of rotatable bonds is 5. The quantitative estimate of drug-likeness (QED) is 0.893. The predicted octanol–water partition coefficient (Wildman–Crippen LogP) is 3.64. The highest BCUT2D eigenvalue weighted by atomic mass is 32.1. The summed E-state index contributed by atoms with van der Waals surface area (Å²) in [6, 6.07) is 4.28. The van der Waals surface area contributed by atoms with E-state index < -0.39 is 0 Å². The second-order valence-electron chi connectivity index (χ2n) is 4.36. The standard InChI is InChI=1S/C13H18N2S2/c1-9(2)13-11(8-14-3)17-12(15-13)7-10-5-4-6-16-10/h4-6,9,14H,7-8H2,1-3H3. The molecule has 0 saturated heterocycles. The summed E-state index contributed by atoms with van der Waals surface area (Å²) in [6.07, 6.45) is 0.978. The lowest BCUT2D eigenvalue weighted by Crippen LogP contribution is -2.06. The Morgan fingerprint density at radius 1 is 1.41 bits per heavy atom. The molecule has 2 heterocycles. The fraction of sp³-hybridized carbons (Fsp3) is 0.462. The van der Waals surface area contributed by atoms with Gasteiger partial charge in [-0.2, -0.15) is 0 Å². The molecular formula is C13H18N2S2. The van der Waals surface area contributed by atoms with E-state index >= 15 is 0 Å². The van der Waals surface area contributed by atoms with Crippen molar-refractivity contribution >= 4 is 22.7 Å². The lowest BCUT2D eigenvalue weighted by atomic mass is 10.1. The zero-order valence-electron chi connectivity index (χ0n) is 10.5. The van der Waals surface area contributed by atoms with E-state index in [4.69, 9.17) is 4.98 Å². The lowest BCUT2D eigenvalue weighted by molar-refractivity contribution is 0.768. The molecule has 0 aliphatic rings. The highest BCUT2D eigenvalue weighted by Gasteiger charge is 2.13. The summed E-state index contributed by atoms with van der Waals surface area (Å²) in [5.74, 6) is 0.506. The summed E-state index contributed by atoms with van der Waals surface area (Å²) in [5, 5.41) is 6.59. The highest BCUT2D eigenvalue weighted by Crippen LogP contribution is 2.27. The average molecular weight is 266 g/mol. The fourth-order valence-corrected chi connectivity index (χ4v) is 3.85. The Morgan fingerprint density at radius 2 is 2.24 bits per heavy atom. The Balaban J connectivity index is 2.21. The Labute approximate surface area is 111 Å². The van der Waals surface area contributed by atoms with Crippen LogP contribution in [0.3, 0.4) is 0 Å². The molecule has 0 radical (unpaired) electrons. The molecule has 0 unspecified atom stereocenters. The van der Waals surface area contributed by atoms with E-state index in [-0.39, 0.29) is 0 Å². The summed E-state index contributed by atoms with van der Waals surface area (Å²) < 4.78 is 0. The molecule has 0 amide bonds. The van der Waals surface area contributed by atoms with Gasteiger partial charge in [0, 0.05) is 22.7 Å². The van der Waals surface area contributed by atoms with Gasteiger partial charge in [0.15, 0.2) is 0 Å². The number of nitrogens with one attached hydrogen (secondary N) is 1. The maximum atomic E-state index is 4.79. The summed E-state index contributed by atoms with van der Waals surface area (Å²) in [6.45, 7) is 5.35. The van der Waals surface area contributed by atoms with Gasteiger partial charge in [-0.25, -0.2) is 4.98 Å². The van der Waals surface area contributed by atoms with Gasteiger partial charge in [0.25, 0.3) is 0 Å². The van der Waals surface area contributed by atoms with Crippen molar-refractivity contribution in [1.82, 2.24) is 10.3 Å². The Bertz CT molecular complexity index is 458. The summed E-state index contributed by atoms with van der Waals surface area (Å²) in [7, 11) is 1.99. The molecule has 2 nitrogen and oxygen atoms in total. The second kappa shape index (κ2) is 5.76. The lowest BCUT2D eigenvalue weighted by Gasteiger charge is -2.03. The maximum Gasteiger partial charge on any atom is 0.0983 e. The third-order valence-corrected chi connectivity index (χ3v) is 4.51. The minimum atomic E-state index is 0.506. The maximum absolute atomic E-state index is 4.79. The van der Waals surface area contributed by atoms with E-state index in [9.17, 15) is 0 Å². The molecule has 0 saturated carbocycles. The highest BCUT2D eigenvalue weighted by molar-refractivity contribution is 7.12. The van der Waals surface area contributed by atoms with Crippen LogP contribution in [0.15, 0.2) is 17.5 Å². The minimum absolute atomic E-state index is 0.506. The summed E-state index contributed by atoms with van der Waals surface area (Å²) >= 11 is 3.65. The third kappa shape index (κ3) is 3.15. The molecule has 0 spiro atoms. The van der Waals surface area contributed by atoms with Gasteiger partial charge in [-0.1, -0.05) is 19.9 Å². The number of aromatic nitrogens is 1. The summed E-state index contributed by atoms with van der Waals surface area (Å²) in [4.78, 5) is 7.57. The largest absolute Gasteiger partial charge is 0.315 e. The molecule has 2 rings (SSSR count). The molecule has 2 aromatic heterocycles. The normalized spacial score (nSPS) is 11.3. The zero-order chi connectivity index (χ0) is 12.3. The van der Waals surface area contributed by atoms with Gasteiger partial charge in [-0.3, -0.25) is 0 Å². The molecule has 0 fully saturated rings. The molecule has 1 N–H and O–H groups in total. The van der Waals surface area contributed by atoms with Crippen LogP contribution in [-0.2, 0) is 13.0 Å². The molecule has 0 aliphatic carbocycles. The second-order valence-corrected chi connectivity index (χ2v) is 6.56. The number of thiazole rings is 1. The van der Waals surface area contributed by atoms with Crippen LogP contribution in [0.1, 0.15) is 40.2 Å². The average Bonchev–Trinajstić information content (AvgIpc) is 2.89. The van der Waals surface area contributed by atoms with Gasteiger partial charge in [0.1, 0.15) is 0 Å². The zero-order valence-corrected chi connectivity index (χ0v) is 12.1. The van der Waals surface area contributed by atoms with Crippen molar-refractivity contribution in [3.8, 4) is 0 Å². The van der Waals surface area contributed by atoms with Crippen LogP contribution in [0.2, 0.25) is 0 Å². The Hall–Kier alpha value is -0.710. The van der Waals surface area contributed by atoms with Crippen LogP contribution in [0.4, 0.5) is 0 Å². The molecule has 0 atom stereocenters. The van der Waals surface area contributed by atoms with Crippen LogP contribution in [0.25, 0.3) is 0 Å². The van der Waals surface area contributed by atoms with Crippen molar-refractivity contribution in [3.05, 3.63) is 38.0 Å². The number of hydrogen-bond donors (Lipinski definition) is 1. The smallest absolute Gasteiger partial charge is 0.0983 e. The van der Waals surface area contributed by atoms with Gasteiger partial charge in [-0.05, 0) is 24.4 Å². The molecular weight excluding hydrogens is 248 g/mol. The minimum Gasteiger partial charge on any atom is -0.315 e. The number of thiophene rings is 1. The molecule has 0 aromatic carbocycles. The number of hydrogen-bond acceptors (Lipinski definition) is 4. The Kier molecular flexibility index (Phi) is 4.31. The van der Waals surface area contributed by atoms with Gasteiger partial charge < -0.3 is 5.32 Å². The first-order valence-corrected chi connectivity index (χ1v) is 7.55. The van der Waals surface area contributed by atoms with E-state index in [2.05, 4.69) is 36.7 Å². The van der Waals surface area contributed by atoms with Crippen LogP contribution in [0.5, 0.6) is 0 Å². The first-order valence-electron chi connectivity index (χ1n) is 5.86. The van der Waals surface area contributed by atoms with E-state index in [0.717, 1.165) is 13.0 Å². The molecule has 4 heteroatoms. The van der Waals surface area contributed by atoms with E-state index in [1.165, 1.54) is 20.5 Å². The number of nitrogens with zero attached hydrogens (tertiary/aromatic N) is 1. The first-order chi connectivity index (χ1) is 8.20. The van der Waals surface area contributed by atoms with Crippen LogP contribution < -0.4 is 5.32 Å². The molecule has 17 heavy (non-hydrogen) atoms. The topological polar surface area (TPSA) is 24.9 Å². The van der Waals surface area contributed by atoms with Crippen molar-refractivity contribution < 1.29 is 0 Å². The van der Waals surface area contributed by atoms with Crippen molar-refractivity contribution in [2.45, 2.75) is 32.7 Å². The third-order valence-electron chi connectivity index (χ3n) is 2.56. The molecule has 92 valence electrons. The van der Waals surface area contributed by atoms with Crippen LogP contribution in [0, 0.1) is 0 Å². The fourth-order valence-electron chi connectivity index (χ4n) is 1.79. The monoisotopic (exact) mass is 266 g/mol. The van der Waals surface area contributed by atoms with Crippen molar-refractivity contribution in [2.75, 3.05) is 7.05 Å².